The first-order chi connectivity index (χ1) is 13.7. The Labute approximate surface area is 164 Å². The van der Waals surface area contributed by atoms with Gasteiger partial charge < -0.3 is 8.94 Å². The molecule has 0 amide bonds. The van der Waals surface area contributed by atoms with Gasteiger partial charge >= 0.3 is 0 Å². The number of para-hydroxylation sites is 1. The Bertz CT molecular complexity index is 1180. The lowest BCUT2D eigenvalue weighted by molar-refractivity contribution is 0.374. The summed E-state index contributed by atoms with van der Waals surface area (Å²) in [6, 6.07) is 11.0. The minimum absolute atomic E-state index is 0.0964. The van der Waals surface area contributed by atoms with E-state index in [2.05, 4.69) is 10.1 Å². The zero-order valence-electron chi connectivity index (χ0n) is 15.2. The number of furan rings is 1. The van der Waals surface area contributed by atoms with Crippen molar-refractivity contribution in [1.82, 2.24) is 19.7 Å². The van der Waals surface area contributed by atoms with Crippen LogP contribution in [0.3, 0.4) is 0 Å². The van der Waals surface area contributed by atoms with Gasteiger partial charge in [-0.25, -0.2) is 4.98 Å². The van der Waals surface area contributed by atoms with Crippen LogP contribution in [-0.4, -0.2) is 19.7 Å². The number of nitrogens with zero attached hydrogens (tertiary/aromatic N) is 4. The average Bonchev–Trinajstić information content (AvgIpc) is 3.21. The topological polar surface area (TPSA) is 87.0 Å². The third kappa shape index (κ3) is 3.24. The fraction of sp³-hybridized carbons (Fsp3) is 0.300. The number of thioether (sulfide) groups is 1. The summed E-state index contributed by atoms with van der Waals surface area (Å²) in [7, 11) is 0. The van der Waals surface area contributed by atoms with Crippen LogP contribution in [-0.2, 0) is 6.54 Å². The van der Waals surface area contributed by atoms with E-state index in [-0.39, 0.29) is 10.8 Å². The number of rotatable bonds is 6. The fourth-order valence-electron chi connectivity index (χ4n) is 3.06. The predicted molar refractivity (Wildman–Crippen MR) is 104 cm³/mol. The molecule has 1 unspecified atom stereocenters. The molecule has 3 heterocycles. The third-order valence-electron chi connectivity index (χ3n) is 4.75. The molecule has 0 bridgehead atoms. The van der Waals surface area contributed by atoms with E-state index in [0.717, 1.165) is 18.7 Å². The lowest BCUT2D eigenvalue weighted by atomic mass is 10.2. The van der Waals surface area contributed by atoms with Crippen molar-refractivity contribution >= 4 is 22.7 Å². The summed E-state index contributed by atoms with van der Waals surface area (Å²) in [5.74, 6) is 2.47. The molecule has 0 N–H and O–H groups in total. The molecular weight excluding hydrogens is 376 g/mol. The van der Waals surface area contributed by atoms with Gasteiger partial charge in [0.15, 0.2) is 11.0 Å². The van der Waals surface area contributed by atoms with Crippen LogP contribution >= 0.6 is 11.8 Å². The Morgan fingerprint density at radius 2 is 2.07 bits per heavy atom. The summed E-state index contributed by atoms with van der Waals surface area (Å²) in [6.07, 6.45) is 3.84. The van der Waals surface area contributed by atoms with Crippen molar-refractivity contribution in [1.29, 1.82) is 0 Å². The molecule has 0 aliphatic heterocycles. The standard InChI is InChI=1S/C20H18N4O3S/c1-12(18-22-17(23-27-18)13-8-9-13)28-20-21-16-7-3-2-6-15(16)19(25)24(20)11-14-5-4-10-26-14/h2-7,10,12-13H,8-9,11H2,1H3. The molecule has 3 aromatic heterocycles. The van der Waals surface area contributed by atoms with Crippen LogP contribution in [0.2, 0.25) is 0 Å². The van der Waals surface area contributed by atoms with E-state index in [4.69, 9.17) is 13.9 Å². The highest BCUT2D eigenvalue weighted by atomic mass is 32.2. The molecule has 0 spiro atoms. The smallest absolute Gasteiger partial charge is 0.262 e. The van der Waals surface area contributed by atoms with Crippen molar-refractivity contribution in [2.45, 2.75) is 42.6 Å². The maximum absolute atomic E-state index is 13.1. The quantitative estimate of drug-likeness (QED) is 0.358. The third-order valence-corrected chi connectivity index (χ3v) is 5.83. The van der Waals surface area contributed by atoms with Crippen molar-refractivity contribution in [3.63, 3.8) is 0 Å². The van der Waals surface area contributed by atoms with Crippen LogP contribution in [0.5, 0.6) is 0 Å². The second-order valence-corrected chi connectivity index (χ2v) is 8.22. The normalized spacial score (nSPS) is 15.2. The van der Waals surface area contributed by atoms with E-state index >= 15 is 0 Å². The lowest BCUT2D eigenvalue weighted by Gasteiger charge is -2.14. The van der Waals surface area contributed by atoms with Gasteiger partial charge in [0, 0.05) is 5.92 Å². The molecule has 4 aromatic rings. The highest BCUT2D eigenvalue weighted by molar-refractivity contribution is 7.99. The van der Waals surface area contributed by atoms with Crippen molar-refractivity contribution in [2.75, 3.05) is 0 Å². The van der Waals surface area contributed by atoms with Crippen LogP contribution < -0.4 is 5.56 Å². The number of hydrogen-bond donors (Lipinski definition) is 0. The molecule has 1 fully saturated rings. The molecule has 0 radical (unpaired) electrons. The second-order valence-electron chi connectivity index (χ2n) is 6.91. The van der Waals surface area contributed by atoms with Crippen LogP contribution in [0.15, 0.2) is 61.6 Å². The zero-order chi connectivity index (χ0) is 19.1. The van der Waals surface area contributed by atoms with E-state index in [0.29, 0.717) is 40.2 Å². The van der Waals surface area contributed by atoms with E-state index in [1.807, 2.05) is 37.3 Å². The minimum atomic E-state index is -0.129. The largest absolute Gasteiger partial charge is 0.467 e. The molecular formula is C20H18N4O3S. The van der Waals surface area contributed by atoms with E-state index < -0.39 is 0 Å². The van der Waals surface area contributed by atoms with Crippen molar-refractivity contribution in [2.24, 2.45) is 0 Å². The SMILES string of the molecule is CC(Sc1nc2ccccc2c(=O)n1Cc1ccco1)c1nc(C2CC2)no1. The minimum Gasteiger partial charge on any atom is -0.467 e. The summed E-state index contributed by atoms with van der Waals surface area (Å²) >= 11 is 1.43. The molecule has 28 heavy (non-hydrogen) atoms. The summed E-state index contributed by atoms with van der Waals surface area (Å²) in [5, 5.41) is 5.14. The summed E-state index contributed by atoms with van der Waals surface area (Å²) < 4.78 is 12.5. The maximum atomic E-state index is 13.1. The Hall–Kier alpha value is -2.87. The Morgan fingerprint density at radius 1 is 1.21 bits per heavy atom. The monoisotopic (exact) mass is 394 g/mol. The van der Waals surface area contributed by atoms with E-state index in [1.165, 1.54) is 11.8 Å². The van der Waals surface area contributed by atoms with Gasteiger partial charge in [-0.1, -0.05) is 29.1 Å². The molecule has 1 aromatic carbocycles. The Morgan fingerprint density at radius 3 is 2.86 bits per heavy atom. The molecule has 1 atom stereocenters. The molecule has 7 nitrogen and oxygen atoms in total. The van der Waals surface area contributed by atoms with Gasteiger partial charge in [-0.05, 0) is 44.0 Å². The first-order valence-corrected chi connectivity index (χ1v) is 10.1. The lowest BCUT2D eigenvalue weighted by Crippen LogP contribution is -2.24. The molecule has 5 rings (SSSR count). The van der Waals surface area contributed by atoms with Gasteiger partial charge in [0.1, 0.15) is 5.76 Å². The maximum Gasteiger partial charge on any atom is 0.262 e. The highest BCUT2D eigenvalue weighted by Crippen LogP contribution is 2.40. The molecule has 0 saturated heterocycles. The molecule has 8 heteroatoms. The molecule has 1 aliphatic rings. The van der Waals surface area contributed by atoms with Crippen LogP contribution in [0.4, 0.5) is 0 Å². The molecule has 1 aliphatic carbocycles. The summed E-state index contributed by atoms with van der Waals surface area (Å²) in [5.41, 5.74) is 0.572. The van der Waals surface area contributed by atoms with Gasteiger partial charge in [-0.15, -0.1) is 0 Å². The molecule has 142 valence electrons. The summed E-state index contributed by atoms with van der Waals surface area (Å²) in [4.78, 5) is 22.4. The van der Waals surface area contributed by atoms with E-state index in [1.54, 1.807) is 16.9 Å². The highest BCUT2D eigenvalue weighted by Gasteiger charge is 2.30. The van der Waals surface area contributed by atoms with Gasteiger partial charge in [-0.3, -0.25) is 9.36 Å². The zero-order valence-corrected chi connectivity index (χ0v) is 16.1. The average molecular weight is 394 g/mol. The second kappa shape index (κ2) is 6.94. The number of aromatic nitrogens is 4. The van der Waals surface area contributed by atoms with Crippen LogP contribution in [0.25, 0.3) is 10.9 Å². The first kappa shape index (κ1) is 17.2. The van der Waals surface area contributed by atoms with Crippen LogP contribution in [0.1, 0.15) is 48.4 Å². The van der Waals surface area contributed by atoms with Gasteiger partial charge in [0.05, 0.1) is 29.0 Å². The van der Waals surface area contributed by atoms with Crippen molar-refractivity contribution in [3.05, 3.63) is 70.5 Å². The predicted octanol–water partition coefficient (Wildman–Crippen LogP) is 4.15. The van der Waals surface area contributed by atoms with Crippen molar-refractivity contribution in [3.8, 4) is 0 Å². The molecule has 1 saturated carbocycles. The van der Waals surface area contributed by atoms with Gasteiger partial charge in [-0.2, -0.15) is 4.98 Å². The fourth-order valence-corrected chi connectivity index (χ4v) is 4.00. The Kier molecular flexibility index (Phi) is 4.27. The van der Waals surface area contributed by atoms with Gasteiger partial charge in [0.25, 0.3) is 5.56 Å². The van der Waals surface area contributed by atoms with E-state index in [9.17, 15) is 4.79 Å². The number of benzene rings is 1. The van der Waals surface area contributed by atoms with Gasteiger partial charge in [0.2, 0.25) is 5.89 Å². The number of hydrogen-bond acceptors (Lipinski definition) is 7. The Balaban J connectivity index is 1.53. The van der Waals surface area contributed by atoms with Crippen molar-refractivity contribution < 1.29 is 8.94 Å². The number of fused-ring (bicyclic) bond motifs is 1. The summed E-state index contributed by atoms with van der Waals surface area (Å²) in [6.45, 7) is 2.29. The first-order valence-electron chi connectivity index (χ1n) is 9.21. The van der Waals surface area contributed by atoms with Crippen LogP contribution in [0, 0.1) is 0 Å².